The molecule has 0 saturated heterocycles. The Morgan fingerprint density at radius 2 is 1.89 bits per heavy atom. The minimum Gasteiger partial charge on any atom is -0.389 e. The van der Waals surface area contributed by atoms with Gasteiger partial charge < -0.3 is 10.4 Å². The van der Waals surface area contributed by atoms with E-state index >= 15 is 0 Å². The molecule has 1 aliphatic carbocycles. The molecule has 0 atom stereocenters. The summed E-state index contributed by atoms with van der Waals surface area (Å²) in [5, 5.41) is 13.2. The molecule has 0 aliphatic heterocycles. The molecule has 1 aromatic rings. The Morgan fingerprint density at radius 1 is 1.21 bits per heavy atom. The summed E-state index contributed by atoms with van der Waals surface area (Å²) in [5.74, 6) is 0. The summed E-state index contributed by atoms with van der Waals surface area (Å²) in [7, 11) is 0. The summed E-state index contributed by atoms with van der Waals surface area (Å²) in [5.41, 5.74) is -0.732. The van der Waals surface area contributed by atoms with Crippen LogP contribution in [0.5, 0.6) is 0 Å². The van der Waals surface area contributed by atoms with Gasteiger partial charge in [-0.1, -0.05) is 31.0 Å². The van der Waals surface area contributed by atoms with Crippen molar-refractivity contribution in [1.29, 1.82) is 0 Å². The predicted molar refractivity (Wildman–Crippen MR) is 66.6 cm³/mol. The maximum absolute atomic E-state index is 12.5. The van der Waals surface area contributed by atoms with E-state index < -0.39 is 17.3 Å². The second-order valence-electron chi connectivity index (χ2n) is 5.23. The number of benzene rings is 1. The molecule has 0 unspecified atom stereocenters. The highest BCUT2D eigenvalue weighted by atomic mass is 19.4. The Kier molecular flexibility index (Phi) is 4.16. The second-order valence-corrected chi connectivity index (χ2v) is 5.23. The molecule has 5 heteroatoms. The summed E-state index contributed by atoms with van der Waals surface area (Å²) in [6, 6.07) is 5.27. The van der Waals surface area contributed by atoms with Crippen molar-refractivity contribution in [2.45, 2.75) is 44.0 Å². The van der Waals surface area contributed by atoms with Gasteiger partial charge in [0.25, 0.3) is 0 Å². The maximum atomic E-state index is 12.5. The van der Waals surface area contributed by atoms with E-state index in [9.17, 15) is 18.3 Å². The molecule has 2 nitrogen and oxygen atoms in total. The van der Waals surface area contributed by atoms with Crippen molar-refractivity contribution in [3.63, 3.8) is 0 Å². The summed E-state index contributed by atoms with van der Waals surface area (Å²) in [6.07, 6.45) is -0.742. The van der Waals surface area contributed by atoms with E-state index in [0.29, 0.717) is 18.7 Å². The van der Waals surface area contributed by atoms with E-state index in [1.54, 1.807) is 6.07 Å². The fourth-order valence-corrected chi connectivity index (χ4v) is 2.51. The van der Waals surface area contributed by atoms with Gasteiger partial charge >= 0.3 is 6.18 Å². The van der Waals surface area contributed by atoms with Crippen LogP contribution in [0.1, 0.15) is 36.8 Å². The van der Waals surface area contributed by atoms with Gasteiger partial charge in [-0.05, 0) is 24.5 Å². The molecule has 2 rings (SSSR count). The standard InChI is InChI=1S/C14H18F3NO/c15-14(16,17)12-5-3-4-11(8-12)9-18-10-13(19)6-1-2-7-13/h3-5,8,18-19H,1-2,6-7,9-10H2. The molecule has 0 heterocycles. The Hall–Kier alpha value is -1.07. The van der Waals surface area contributed by atoms with E-state index in [4.69, 9.17) is 0 Å². The van der Waals surface area contributed by atoms with Crippen LogP contribution in [0.2, 0.25) is 0 Å². The summed E-state index contributed by atoms with van der Waals surface area (Å²) < 4.78 is 37.6. The molecular weight excluding hydrogens is 255 g/mol. The number of aliphatic hydroxyl groups is 1. The first kappa shape index (κ1) is 14.3. The van der Waals surface area contributed by atoms with Crippen LogP contribution in [0, 0.1) is 0 Å². The van der Waals surface area contributed by atoms with Crippen molar-refractivity contribution in [3.8, 4) is 0 Å². The first-order chi connectivity index (χ1) is 8.89. The van der Waals surface area contributed by atoms with Crippen molar-refractivity contribution in [1.82, 2.24) is 5.32 Å². The highest BCUT2D eigenvalue weighted by Gasteiger charge is 2.31. The molecule has 0 amide bonds. The summed E-state index contributed by atoms with van der Waals surface area (Å²) in [4.78, 5) is 0. The third kappa shape index (κ3) is 3.94. The lowest BCUT2D eigenvalue weighted by molar-refractivity contribution is -0.137. The zero-order valence-corrected chi connectivity index (χ0v) is 10.6. The van der Waals surface area contributed by atoms with Gasteiger partial charge in [0.2, 0.25) is 0 Å². The molecular formula is C14H18F3NO. The molecule has 0 radical (unpaired) electrons. The number of halogens is 3. The van der Waals surface area contributed by atoms with E-state index in [2.05, 4.69) is 5.32 Å². The molecule has 1 aromatic carbocycles. The number of alkyl halides is 3. The fourth-order valence-electron chi connectivity index (χ4n) is 2.51. The molecule has 0 spiro atoms. The highest BCUT2D eigenvalue weighted by molar-refractivity contribution is 5.25. The molecule has 1 aliphatic rings. The van der Waals surface area contributed by atoms with Crippen LogP contribution in [0.4, 0.5) is 13.2 Å². The Morgan fingerprint density at radius 3 is 2.53 bits per heavy atom. The van der Waals surface area contributed by atoms with Gasteiger partial charge in [-0.15, -0.1) is 0 Å². The highest BCUT2D eigenvalue weighted by Crippen LogP contribution is 2.30. The SMILES string of the molecule is OC1(CNCc2cccc(C(F)(F)F)c2)CCCC1. The van der Waals surface area contributed by atoms with Crippen LogP contribution < -0.4 is 5.32 Å². The topological polar surface area (TPSA) is 32.3 Å². The van der Waals surface area contributed by atoms with Crippen LogP contribution in [-0.4, -0.2) is 17.3 Å². The van der Waals surface area contributed by atoms with Crippen molar-refractivity contribution in [2.24, 2.45) is 0 Å². The van der Waals surface area contributed by atoms with Crippen molar-refractivity contribution in [3.05, 3.63) is 35.4 Å². The number of hydrogen-bond donors (Lipinski definition) is 2. The molecule has 2 N–H and O–H groups in total. The Bertz CT molecular complexity index is 425. The summed E-state index contributed by atoms with van der Waals surface area (Å²) in [6.45, 7) is 0.773. The molecule has 1 saturated carbocycles. The van der Waals surface area contributed by atoms with E-state index in [1.165, 1.54) is 6.07 Å². The minimum absolute atomic E-state index is 0.340. The van der Waals surface area contributed by atoms with Gasteiger partial charge in [-0.3, -0.25) is 0 Å². The third-order valence-corrected chi connectivity index (χ3v) is 3.57. The lowest BCUT2D eigenvalue weighted by Gasteiger charge is -2.22. The first-order valence-corrected chi connectivity index (χ1v) is 6.48. The van der Waals surface area contributed by atoms with Crippen LogP contribution in [0.15, 0.2) is 24.3 Å². The van der Waals surface area contributed by atoms with Crippen molar-refractivity contribution < 1.29 is 18.3 Å². The molecule has 19 heavy (non-hydrogen) atoms. The molecule has 0 bridgehead atoms. The fraction of sp³-hybridized carbons (Fsp3) is 0.571. The molecule has 1 fully saturated rings. The summed E-state index contributed by atoms with van der Waals surface area (Å²) >= 11 is 0. The number of hydrogen-bond acceptors (Lipinski definition) is 2. The van der Waals surface area contributed by atoms with Gasteiger partial charge in [0, 0.05) is 13.1 Å². The van der Waals surface area contributed by atoms with Crippen LogP contribution in [0.25, 0.3) is 0 Å². The predicted octanol–water partition coefficient (Wildman–Crippen LogP) is 3.10. The largest absolute Gasteiger partial charge is 0.416 e. The van der Waals surface area contributed by atoms with Gasteiger partial charge in [-0.25, -0.2) is 0 Å². The Balaban J connectivity index is 1.89. The second kappa shape index (κ2) is 5.51. The van der Waals surface area contributed by atoms with E-state index in [1.807, 2.05) is 0 Å². The zero-order valence-electron chi connectivity index (χ0n) is 10.6. The molecule has 106 valence electrons. The van der Waals surface area contributed by atoms with Crippen molar-refractivity contribution >= 4 is 0 Å². The van der Waals surface area contributed by atoms with Crippen LogP contribution in [-0.2, 0) is 12.7 Å². The van der Waals surface area contributed by atoms with Gasteiger partial charge in [-0.2, -0.15) is 13.2 Å². The third-order valence-electron chi connectivity index (χ3n) is 3.57. The number of rotatable bonds is 4. The zero-order chi connectivity index (χ0) is 13.9. The lowest BCUT2D eigenvalue weighted by Crippen LogP contribution is -2.37. The Labute approximate surface area is 110 Å². The van der Waals surface area contributed by atoms with Crippen molar-refractivity contribution in [2.75, 3.05) is 6.54 Å². The smallest absolute Gasteiger partial charge is 0.389 e. The molecule has 0 aromatic heterocycles. The maximum Gasteiger partial charge on any atom is 0.416 e. The average Bonchev–Trinajstić information content (AvgIpc) is 2.76. The minimum atomic E-state index is -4.31. The quantitative estimate of drug-likeness (QED) is 0.883. The van der Waals surface area contributed by atoms with Gasteiger partial charge in [0.05, 0.1) is 11.2 Å². The van der Waals surface area contributed by atoms with E-state index in [0.717, 1.165) is 37.8 Å². The van der Waals surface area contributed by atoms with Crippen LogP contribution >= 0.6 is 0 Å². The van der Waals surface area contributed by atoms with Crippen LogP contribution in [0.3, 0.4) is 0 Å². The first-order valence-electron chi connectivity index (χ1n) is 6.48. The average molecular weight is 273 g/mol. The normalized spacial score (nSPS) is 18.7. The monoisotopic (exact) mass is 273 g/mol. The van der Waals surface area contributed by atoms with Gasteiger partial charge in [0.1, 0.15) is 0 Å². The van der Waals surface area contributed by atoms with E-state index in [-0.39, 0.29) is 0 Å². The lowest BCUT2D eigenvalue weighted by atomic mass is 10.0. The van der Waals surface area contributed by atoms with Gasteiger partial charge in [0.15, 0.2) is 0 Å². The number of nitrogens with one attached hydrogen (secondary N) is 1.